The van der Waals surface area contributed by atoms with E-state index in [9.17, 15) is 20.2 Å². The van der Waals surface area contributed by atoms with Crippen LogP contribution in [-0.4, -0.2) is 58.3 Å². The summed E-state index contributed by atoms with van der Waals surface area (Å²) in [4.78, 5) is 11.9. The molecule has 6 rings (SSSR count). The Morgan fingerprint density at radius 3 is 2.73 bits per heavy atom. The van der Waals surface area contributed by atoms with Crippen LogP contribution >= 0.6 is 0 Å². The monoisotopic (exact) mass is 417 g/mol. The molecule has 1 aliphatic heterocycles. The lowest BCUT2D eigenvalue weighted by atomic mass is 9.43. The van der Waals surface area contributed by atoms with Gasteiger partial charge < -0.3 is 24.8 Å². The summed E-state index contributed by atoms with van der Waals surface area (Å²) in [5, 5.41) is 37.6. The Morgan fingerprint density at radius 2 is 2.07 bits per heavy atom. The Bertz CT molecular complexity index is 845. The number of piperidine rings is 1. The average molecular weight is 418 g/mol. The van der Waals surface area contributed by atoms with Crippen molar-refractivity contribution in [3.05, 3.63) is 17.4 Å². The zero-order valence-electron chi connectivity index (χ0n) is 18.3. The fraction of sp³-hybridized carbons (Fsp3) is 0.875. The Kier molecular flexibility index (Phi) is 3.62. The number of hydrogen-bond acceptors (Lipinski definition) is 5. The number of likely N-dealkylation sites (tertiary alicyclic amines) is 1. The van der Waals surface area contributed by atoms with Crippen molar-refractivity contribution >= 4 is 5.97 Å². The molecule has 5 aliphatic carbocycles. The minimum absolute atomic E-state index is 0.00141. The fourth-order valence-corrected chi connectivity index (χ4v) is 10.6. The van der Waals surface area contributed by atoms with Gasteiger partial charge in [-0.25, -0.2) is 0 Å². The van der Waals surface area contributed by atoms with E-state index >= 15 is 0 Å². The highest BCUT2D eigenvalue weighted by atomic mass is 16.6. The largest absolute Gasteiger partial charge is 0.633 e. The summed E-state index contributed by atoms with van der Waals surface area (Å²) < 4.78 is 5.53. The van der Waals surface area contributed by atoms with Gasteiger partial charge in [-0.15, -0.1) is 0 Å². The van der Waals surface area contributed by atoms with Crippen molar-refractivity contribution in [1.29, 1.82) is 0 Å². The lowest BCUT2D eigenvalue weighted by Gasteiger charge is -2.68. The van der Waals surface area contributed by atoms with Crippen LogP contribution in [0.4, 0.5) is 0 Å². The lowest BCUT2D eigenvalue weighted by Crippen LogP contribution is -2.73. The molecule has 12 atom stereocenters. The first-order valence-electron chi connectivity index (χ1n) is 11.9. The van der Waals surface area contributed by atoms with E-state index in [4.69, 9.17) is 4.74 Å². The molecule has 0 aromatic rings. The van der Waals surface area contributed by atoms with E-state index in [0.717, 1.165) is 31.3 Å². The molecule has 0 aromatic carbocycles. The number of aliphatic hydroxyl groups is 2. The zero-order chi connectivity index (χ0) is 21.4. The van der Waals surface area contributed by atoms with Crippen molar-refractivity contribution in [2.24, 2.45) is 39.9 Å². The van der Waals surface area contributed by atoms with Crippen LogP contribution in [0.5, 0.6) is 0 Å². The van der Waals surface area contributed by atoms with E-state index in [0.29, 0.717) is 25.4 Å². The summed E-state index contributed by atoms with van der Waals surface area (Å²) in [6.07, 6.45) is 2.42. The number of esters is 1. The maximum atomic E-state index is 14.4. The minimum Gasteiger partial charge on any atom is -0.633 e. The third-order valence-corrected chi connectivity index (χ3v) is 11.2. The van der Waals surface area contributed by atoms with Gasteiger partial charge in [0.15, 0.2) is 0 Å². The van der Waals surface area contributed by atoms with Crippen molar-refractivity contribution in [1.82, 2.24) is 0 Å². The summed E-state index contributed by atoms with van der Waals surface area (Å²) >= 11 is 0. The van der Waals surface area contributed by atoms with Crippen molar-refractivity contribution in [3.8, 4) is 0 Å². The highest BCUT2D eigenvalue weighted by Gasteiger charge is 2.88. The quantitative estimate of drug-likeness (QED) is 0.312. The molecule has 166 valence electrons. The third-order valence-electron chi connectivity index (χ3n) is 11.2. The summed E-state index contributed by atoms with van der Waals surface area (Å²) in [7, 11) is 0. The summed E-state index contributed by atoms with van der Waals surface area (Å²) in [6.45, 7) is 11.1. The fourth-order valence-electron chi connectivity index (χ4n) is 10.6. The minimum atomic E-state index is -0.676. The SMILES string of the molecule is C=C1C2CC3(C1O)C1CC4C5(C)CCC(O)C4(C3CC2OC(C)=O)C1[N+]([O-])(CC)C5. The maximum Gasteiger partial charge on any atom is 0.302 e. The number of aliphatic hydroxyl groups excluding tert-OH is 2. The predicted molar refractivity (Wildman–Crippen MR) is 110 cm³/mol. The number of quaternary nitrogens is 1. The summed E-state index contributed by atoms with van der Waals surface area (Å²) in [5.41, 5.74) is -0.177. The van der Waals surface area contributed by atoms with Gasteiger partial charge in [0.05, 0.1) is 30.7 Å². The van der Waals surface area contributed by atoms with Gasteiger partial charge in [0.25, 0.3) is 0 Å². The molecule has 2 spiro atoms. The van der Waals surface area contributed by atoms with Crippen LogP contribution in [-0.2, 0) is 9.53 Å². The molecule has 2 N–H and O–H groups in total. The number of hydroxylamine groups is 3. The van der Waals surface area contributed by atoms with Gasteiger partial charge in [-0.1, -0.05) is 13.5 Å². The number of rotatable bonds is 2. The Balaban J connectivity index is 1.58. The molecule has 0 radical (unpaired) electrons. The van der Waals surface area contributed by atoms with Crippen molar-refractivity contribution in [3.63, 3.8) is 0 Å². The van der Waals surface area contributed by atoms with Crippen LogP contribution in [0.15, 0.2) is 12.2 Å². The molecular formula is C24H35NO5. The zero-order valence-corrected chi connectivity index (χ0v) is 18.3. The predicted octanol–water partition coefficient (Wildman–Crippen LogP) is 2.38. The second kappa shape index (κ2) is 5.51. The van der Waals surface area contributed by atoms with Crippen LogP contribution in [0.2, 0.25) is 0 Å². The molecule has 12 unspecified atom stereocenters. The second-order valence-electron chi connectivity index (χ2n) is 11.8. The van der Waals surface area contributed by atoms with Gasteiger partial charge >= 0.3 is 5.97 Å². The molecule has 0 aromatic heterocycles. The summed E-state index contributed by atoms with van der Waals surface area (Å²) in [6, 6.07) is -0.168. The molecule has 6 fully saturated rings. The van der Waals surface area contributed by atoms with E-state index in [1.807, 2.05) is 6.92 Å². The Labute approximate surface area is 178 Å². The number of nitrogens with zero attached hydrogens (tertiary/aromatic N) is 1. The van der Waals surface area contributed by atoms with Gasteiger partial charge in [0, 0.05) is 29.6 Å². The molecule has 6 nitrogen and oxygen atoms in total. The first-order chi connectivity index (χ1) is 14.1. The maximum absolute atomic E-state index is 14.4. The van der Waals surface area contributed by atoms with Gasteiger partial charge in [0.1, 0.15) is 12.1 Å². The normalized spacial score (nSPS) is 62.4. The van der Waals surface area contributed by atoms with Gasteiger partial charge in [-0.2, -0.15) is 0 Å². The molecule has 1 heterocycles. The van der Waals surface area contributed by atoms with Crippen LogP contribution in [0.1, 0.15) is 52.9 Å². The Hall–Kier alpha value is -0.950. The molecule has 0 amide bonds. The number of hydrogen-bond donors (Lipinski definition) is 2. The Morgan fingerprint density at radius 1 is 1.33 bits per heavy atom. The van der Waals surface area contributed by atoms with Gasteiger partial charge in [0.2, 0.25) is 0 Å². The van der Waals surface area contributed by atoms with Gasteiger partial charge in [-0.05, 0) is 56.4 Å². The third kappa shape index (κ3) is 1.80. The van der Waals surface area contributed by atoms with E-state index in [1.165, 1.54) is 6.92 Å². The van der Waals surface area contributed by atoms with E-state index < -0.39 is 23.0 Å². The molecule has 6 aliphatic rings. The smallest absolute Gasteiger partial charge is 0.302 e. The van der Waals surface area contributed by atoms with Crippen LogP contribution in [0.25, 0.3) is 0 Å². The van der Waals surface area contributed by atoms with Crippen LogP contribution in [0.3, 0.4) is 0 Å². The molecule has 1 saturated heterocycles. The number of fused-ring (bicyclic) bond motifs is 1. The highest BCUT2D eigenvalue weighted by molar-refractivity contribution is 5.66. The van der Waals surface area contributed by atoms with Crippen LogP contribution in [0, 0.1) is 45.1 Å². The topological polar surface area (TPSA) is 89.8 Å². The molecule has 30 heavy (non-hydrogen) atoms. The van der Waals surface area contributed by atoms with Crippen LogP contribution < -0.4 is 0 Å². The van der Waals surface area contributed by atoms with Crippen molar-refractivity contribution < 1.29 is 24.4 Å². The second-order valence-corrected chi connectivity index (χ2v) is 11.8. The van der Waals surface area contributed by atoms with E-state index in [-0.39, 0.29) is 45.9 Å². The number of carbonyl (C=O) groups excluding carboxylic acids is 1. The molecule has 7 bridgehead atoms. The first-order valence-corrected chi connectivity index (χ1v) is 11.9. The lowest BCUT2D eigenvalue weighted by molar-refractivity contribution is -0.927. The van der Waals surface area contributed by atoms with Gasteiger partial charge in [-0.3, -0.25) is 4.79 Å². The average Bonchev–Trinajstić information content (AvgIpc) is 3.23. The summed E-state index contributed by atoms with van der Waals surface area (Å²) in [5.74, 6) is 0.0647. The highest BCUT2D eigenvalue weighted by Crippen LogP contribution is 2.84. The standard InChI is InChI=1S/C24H35NO5/c1-5-25(29)11-22(4)7-6-19(27)24-17(22)8-15(20(24)25)23-10-14(12(2)21(23)28)16(9-18(23)24)30-13(3)26/h14-21,27-28H,2,5-11H2,1,3-4H3. The van der Waals surface area contributed by atoms with Crippen molar-refractivity contribution in [2.75, 3.05) is 13.1 Å². The molecule has 6 heteroatoms. The first kappa shape index (κ1) is 19.7. The number of ether oxygens (including phenoxy) is 1. The molecular weight excluding hydrogens is 382 g/mol. The molecule has 5 saturated carbocycles. The van der Waals surface area contributed by atoms with Crippen molar-refractivity contribution in [2.45, 2.75) is 77.2 Å². The van der Waals surface area contributed by atoms with E-state index in [1.54, 1.807) is 0 Å². The number of carbonyl (C=O) groups is 1. The van der Waals surface area contributed by atoms with E-state index in [2.05, 4.69) is 13.5 Å².